The van der Waals surface area contributed by atoms with Crippen molar-refractivity contribution in [1.29, 1.82) is 0 Å². The smallest absolute Gasteiger partial charge is 0.127 e. The van der Waals surface area contributed by atoms with Gasteiger partial charge in [-0.05, 0) is 44.6 Å². The average Bonchev–Trinajstić information content (AvgIpc) is 2.34. The second-order valence-electron chi connectivity index (χ2n) is 4.60. The fraction of sp³-hybridized carbons (Fsp3) is 0.538. The summed E-state index contributed by atoms with van der Waals surface area (Å²) in [6, 6.07) is 5.68. The number of hydrogen-bond acceptors (Lipinski definition) is 2. The second kappa shape index (κ2) is 5.94. The monoisotopic (exact) mass is 300 g/mol. The Morgan fingerprint density at radius 3 is 3.12 bits per heavy atom. The molecule has 0 aliphatic carbocycles. The van der Waals surface area contributed by atoms with Gasteiger partial charge >= 0.3 is 0 Å². The van der Waals surface area contributed by atoms with E-state index in [1.165, 1.54) is 18.9 Å². The van der Waals surface area contributed by atoms with E-state index < -0.39 is 0 Å². The van der Waals surface area contributed by atoms with Gasteiger partial charge in [0.25, 0.3) is 0 Å². The molecular formula is C13H18BrFN2. The third-order valence-electron chi connectivity index (χ3n) is 3.32. The van der Waals surface area contributed by atoms with Gasteiger partial charge in [0.1, 0.15) is 5.82 Å². The molecule has 1 aliphatic heterocycles. The van der Waals surface area contributed by atoms with Crippen LogP contribution in [0.5, 0.6) is 0 Å². The molecule has 0 saturated carbocycles. The Bertz CT molecular complexity index is 384. The van der Waals surface area contributed by atoms with Crippen molar-refractivity contribution in [3.63, 3.8) is 0 Å². The number of likely N-dealkylation sites (N-methyl/N-ethyl adjacent to an activating group) is 1. The van der Waals surface area contributed by atoms with Gasteiger partial charge in [-0.2, -0.15) is 0 Å². The van der Waals surface area contributed by atoms with Gasteiger partial charge in [-0.1, -0.05) is 15.9 Å². The lowest BCUT2D eigenvalue weighted by Crippen LogP contribution is -2.43. The molecule has 2 nitrogen and oxygen atoms in total. The number of hydrogen-bond donors (Lipinski definition) is 1. The molecule has 1 aromatic carbocycles. The summed E-state index contributed by atoms with van der Waals surface area (Å²) in [4.78, 5) is 2.32. The lowest BCUT2D eigenvalue weighted by molar-refractivity contribution is 0.186. The number of nitrogens with zero attached hydrogens (tertiary/aromatic N) is 1. The summed E-state index contributed by atoms with van der Waals surface area (Å²) in [7, 11) is 1.99. The van der Waals surface area contributed by atoms with Crippen LogP contribution >= 0.6 is 15.9 Å². The van der Waals surface area contributed by atoms with E-state index >= 15 is 0 Å². The van der Waals surface area contributed by atoms with Crippen molar-refractivity contribution < 1.29 is 4.39 Å². The number of piperidine rings is 1. The van der Waals surface area contributed by atoms with Crippen LogP contribution in [0.15, 0.2) is 22.7 Å². The van der Waals surface area contributed by atoms with Crippen molar-refractivity contribution in [3.05, 3.63) is 34.1 Å². The van der Waals surface area contributed by atoms with Crippen molar-refractivity contribution in [2.24, 2.45) is 0 Å². The molecule has 1 N–H and O–H groups in total. The molecule has 0 amide bonds. The Balaban J connectivity index is 2.02. The maximum absolute atomic E-state index is 13.6. The Kier molecular flexibility index (Phi) is 4.54. The van der Waals surface area contributed by atoms with Gasteiger partial charge < -0.3 is 5.32 Å². The Morgan fingerprint density at radius 2 is 2.35 bits per heavy atom. The zero-order valence-electron chi connectivity index (χ0n) is 10.0. The number of halogens is 2. The Labute approximate surface area is 110 Å². The molecule has 1 saturated heterocycles. The molecule has 0 bridgehead atoms. The summed E-state index contributed by atoms with van der Waals surface area (Å²) in [6.45, 7) is 2.76. The number of likely N-dealkylation sites (tertiary alicyclic amines) is 1. The summed E-state index contributed by atoms with van der Waals surface area (Å²) < 4.78 is 14.6. The van der Waals surface area contributed by atoms with Crippen LogP contribution < -0.4 is 5.32 Å². The van der Waals surface area contributed by atoms with Crippen molar-refractivity contribution in [3.8, 4) is 0 Å². The molecule has 1 aliphatic rings. The van der Waals surface area contributed by atoms with Gasteiger partial charge in [0.15, 0.2) is 0 Å². The zero-order chi connectivity index (χ0) is 12.3. The van der Waals surface area contributed by atoms with E-state index in [9.17, 15) is 4.39 Å². The summed E-state index contributed by atoms with van der Waals surface area (Å²) in [5, 5.41) is 3.30. The van der Waals surface area contributed by atoms with Crippen molar-refractivity contribution in [2.75, 3.05) is 20.1 Å². The van der Waals surface area contributed by atoms with Gasteiger partial charge in [0.2, 0.25) is 0 Å². The van der Waals surface area contributed by atoms with Crippen LogP contribution in [0.2, 0.25) is 0 Å². The van der Waals surface area contributed by atoms with E-state index in [-0.39, 0.29) is 5.82 Å². The summed E-state index contributed by atoms with van der Waals surface area (Å²) >= 11 is 3.39. The topological polar surface area (TPSA) is 15.3 Å². The largest absolute Gasteiger partial charge is 0.316 e. The summed E-state index contributed by atoms with van der Waals surface area (Å²) in [6.07, 6.45) is 2.40. The van der Waals surface area contributed by atoms with E-state index in [1.807, 2.05) is 13.1 Å². The first kappa shape index (κ1) is 13.0. The highest BCUT2D eigenvalue weighted by molar-refractivity contribution is 9.10. The third-order valence-corrected chi connectivity index (χ3v) is 3.81. The molecule has 1 aromatic rings. The molecular weight excluding hydrogens is 283 g/mol. The van der Waals surface area contributed by atoms with Crippen molar-refractivity contribution >= 4 is 15.9 Å². The maximum Gasteiger partial charge on any atom is 0.127 e. The highest BCUT2D eigenvalue weighted by atomic mass is 79.9. The Hall–Kier alpha value is -0.450. The van der Waals surface area contributed by atoms with Crippen molar-refractivity contribution in [1.82, 2.24) is 10.2 Å². The lowest BCUT2D eigenvalue weighted by atomic mass is 10.0. The van der Waals surface area contributed by atoms with Gasteiger partial charge in [-0.25, -0.2) is 4.39 Å². The van der Waals surface area contributed by atoms with E-state index in [0.29, 0.717) is 12.6 Å². The molecule has 0 radical (unpaired) electrons. The second-order valence-corrected chi connectivity index (χ2v) is 5.51. The quantitative estimate of drug-likeness (QED) is 0.923. The molecule has 94 valence electrons. The first-order valence-corrected chi connectivity index (χ1v) is 6.82. The van der Waals surface area contributed by atoms with E-state index in [1.54, 1.807) is 6.07 Å². The predicted molar refractivity (Wildman–Crippen MR) is 71.5 cm³/mol. The summed E-state index contributed by atoms with van der Waals surface area (Å²) in [5.74, 6) is -0.111. The molecule has 17 heavy (non-hydrogen) atoms. The highest BCUT2D eigenvalue weighted by Crippen LogP contribution is 2.19. The van der Waals surface area contributed by atoms with Gasteiger partial charge in [-0.3, -0.25) is 4.90 Å². The van der Waals surface area contributed by atoms with Crippen molar-refractivity contribution in [2.45, 2.75) is 25.4 Å². The minimum absolute atomic E-state index is 0.111. The molecule has 1 heterocycles. The number of rotatable bonds is 3. The van der Waals surface area contributed by atoms with Crippen LogP contribution in [0.4, 0.5) is 4.39 Å². The van der Waals surface area contributed by atoms with E-state index in [0.717, 1.165) is 23.1 Å². The minimum atomic E-state index is -0.111. The average molecular weight is 301 g/mol. The van der Waals surface area contributed by atoms with Crippen LogP contribution in [0, 0.1) is 5.82 Å². The lowest BCUT2D eigenvalue weighted by Gasteiger charge is -2.32. The zero-order valence-corrected chi connectivity index (χ0v) is 11.6. The van der Waals surface area contributed by atoms with Gasteiger partial charge in [0, 0.05) is 29.2 Å². The first-order chi connectivity index (χ1) is 8.19. The van der Waals surface area contributed by atoms with Gasteiger partial charge in [0.05, 0.1) is 0 Å². The van der Waals surface area contributed by atoms with Crippen LogP contribution in [0.25, 0.3) is 0 Å². The fourth-order valence-electron chi connectivity index (χ4n) is 2.34. The van der Waals surface area contributed by atoms with E-state index in [4.69, 9.17) is 0 Å². The molecule has 0 spiro atoms. The SMILES string of the molecule is CNC1CCCN(Cc2cc(Br)ccc2F)C1. The molecule has 2 rings (SSSR count). The fourth-order valence-corrected chi connectivity index (χ4v) is 2.75. The normalized spacial score (nSPS) is 21.7. The Morgan fingerprint density at radius 1 is 1.53 bits per heavy atom. The minimum Gasteiger partial charge on any atom is -0.316 e. The standard InChI is InChI=1S/C13H18BrFN2/c1-16-12-3-2-6-17(9-12)8-10-7-11(14)4-5-13(10)15/h4-5,7,12,16H,2-3,6,8-9H2,1H3. The van der Waals surface area contributed by atoms with Crippen LogP contribution in [0.3, 0.4) is 0 Å². The number of nitrogens with one attached hydrogen (secondary N) is 1. The highest BCUT2D eigenvalue weighted by Gasteiger charge is 2.19. The van der Waals surface area contributed by atoms with E-state index in [2.05, 4.69) is 26.1 Å². The maximum atomic E-state index is 13.6. The summed E-state index contributed by atoms with van der Waals surface area (Å²) in [5.41, 5.74) is 0.774. The van der Waals surface area contributed by atoms with Crippen LogP contribution in [-0.4, -0.2) is 31.1 Å². The number of benzene rings is 1. The van der Waals surface area contributed by atoms with Gasteiger partial charge in [-0.15, -0.1) is 0 Å². The third kappa shape index (κ3) is 3.50. The van der Waals surface area contributed by atoms with Crippen LogP contribution in [0.1, 0.15) is 18.4 Å². The molecule has 1 fully saturated rings. The molecule has 1 unspecified atom stereocenters. The molecule has 1 atom stereocenters. The molecule has 0 aromatic heterocycles. The molecule has 4 heteroatoms. The predicted octanol–water partition coefficient (Wildman–Crippen LogP) is 2.77. The first-order valence-electron chi connectivity index (χ1n) is 6.02. The van der Waals surface area contributed by atoms with Crippen LogP contribution in [-0.2, 0) is 6.54 Å².